The largest absolute Gasteiger partial charge is 0.384 e. The van der Waals surface area contributed by atoms with Crippen LogP contribution in [0.4, 0.5) is 5.69 Å². The van der Waals surface area contributed by atoms with Crippen molar-refractivity contribution in [3.63, 3.8) is 0 Å². The highest BCUT2D eigenvalue weighted by Crippen LogP contribution is 2.21. The number of fused-ring (bicyclic) bond motifs is 1. The molecular formula is C10H10N2O2S. The van der Waals surface area contributed by atoms with Gasteiger partial charge >= 0.3 is 0 Å². The van der Waals surface area contributed by atoms with Crippen LogP contribution in [0.3, 0.4) is 0 Å². The van der Waals surface area contributed by atoms with Crippen molar-refractivity contribution in [1.82, 2.24) is 4.37 Å². The van der Waals surface area contributed by atoms with Gasteiger partial charge in [0.15, 0.2) is 0 Å². The number of hydrogen-bond donors (Lipinski definition) is 2. The van der Waals surface area contributed by atoms with Crippen LogP contribution in [0.25, 0.3) is 10.1 Å². The number of amides is 1. The van der Waals surface area contributed by atoms with Crippen LogP contribution in [0.2, 0.25) is 0 Å². The zero-order valence-corrected chi connectivity index (χ0v) is 8.91. The molecule has 0 bridgehead atoms. The Hall–Kier alpha value is -1.46. The van der Waals surface area contributed by atoms with E-state index < -0.39 is 12.0 Å². The van der Waals surface area contributed by atoms with Gasteiger partial charge in [0.05, 0.1) is 4.70 Å². The van der Waals surface area contributed by atoms with Gasteiger partial charge in [0.2, 0.25) is 0 Å². The van der Waals surface area contributed by atoms with Crippen LogP contribution in [0, 0.1) is 0 Å². The van der Waals surface area contributed by atoms with Crippen molar-refractivity contribution in [2.24, 2.45) is 0 Å². The number of anilines is 1. The predicted octanol–water partition coefficient (Wildman–Crippen LogP) is 1.62. The van der Waals surface area contributed by atoms with Gasteiger partial charge < -0.3 is 10.4 Å². The topological polar surface area (TPSA) is 62.2 Å². The monoisotopic (exact) mass is 222 g/mol. The van der Waals surface area contributed by atoms with Gasteiger partial charge in [-0.15, -0.1) is 0 Å². The maximum Gasteiger partial charge on any atom is 0.252 e. The van der Waals surface area contributed by atoms with Crippen LogP contribution in [0.5, 0.6) is 0 Å². The third-order valence-corrected chi connectivity index (χ3v) is 2.78. The molecule has 5 heteroatoms. The highest BCUT2D eigenvalue weighted by atomic mass is 32.1. The molecule has 1 atom stereocenters. The van der Waals surface area contributed by atoms with Gasteiger partial charge in [-0.2, -0.15) is 4.37 Å². The lowest BCUT2D eigenvalue weighted by Gasteiger charge is -2.06. The fourth-order valence-corrected chi connectivity index (χ4v) is 1.82. The molecule has 78 valence electrons. The Kier molecular flexibility index (Phi) is 2.66. The minimum absolute atomic E-state index is 0.405. The molecule has 2 N–H and O–H groups in total. The molecule has 1 aromatic carbocycles. The van der Waals surface area contributed by atoms with Crippen molar-refractivity contribution in [2.75, 3.05) is 5.32 Å². The highest BCUT2D eigenvalue weighted by molar-refractivity contribution is 7.13. The fourth-order valence-electron chi connectivity index (χ4n) is 1.20. The molecule has 0 aliphatic heterocycles. The lowest BCUT2D eigenvalue weighted by atomic mass is 10.2. The molecule has 4 nitrogen and oxygen atoms in total. The lowest BCUT2D eigenvalue weighted by molar-refractivity contribution is -0.123. The zero-order chi connectivity index (χ0) is 10.8. The van der Waals surface area contributed by atoms with Crippen molar-refractivity contribution in [3.8, 4) is 0 Å². The van der Waals surface area contributed by atoms with Crippen molar-refractivity contribution < 1.29 is 9.90 Å². The van der Waals surface area contributed by atoms with Gasteiger partial charge in [-0.05, 0) is 36.7 Å². The zero-order valence-electron chi connectivity index (χ0n) is 8.10. The quantitative estimate of drug-likeness (QED) is 0.811. The first-order valence-electron chi connectivity index (χ1n) is 4.50. The Balaban J connectivity index is 2.25. The Labute approximate surface area is 90.7 Å². The van der Waals surface area contributed by atoms with Crippen molar-refractivity contribution in [2.45, 2.75) is 13.0 Å². The van der Waals surface area contributed by atoms with Gasteiger partial charge in [0, 0.05) is 17.3 Å². The summed E-state index contributed by atoms with van der Waals surface area (Å²) >= 11 is 1.41. The molecule has 0 spiro atoms. The molecule has 0 aliphatic rings. The van der Waals surface area contributed by atoms with E-state index in [1.807, 2.05) is 12.1 Å². The Morgan fingerprint density at radius 1 is 1.60 bits per heavy atom. The summed E-state index contributed by atoms with van der Waals surface area (Å²) in [6, 6.07) is 5.52. The molecule has 2 rings (SSSR count). The molecule has 1 aromatic heterocycles. The minimum atomic E-state index is -0.999. The molecule has 0 saturated heterocycles. The van der Waals surface area contributed by atoms with Crippen LogP contribution in [-0.2, 0) is 4.79 Å². The van der Waals surface area contributed by atoms with Crippen molar-refractivity contribution in [3.05, 3.63) is 24.4 Å². The van der Waals surface area contributed by atoms with Crippen LogP contribution in [-0.4, -0.2) is 21.5 Å². The van der Waals surface area contributed by atoms with Gasteiger partial charge in [-0.1, -0.05) is 0 Å². The van der Waals surface area contributed by atoms with Gasteiger partial charge in [-0.3, -0.25) is 4.79 Å². The number of hydrogen-bond acceptors (Lipinski definition) is 4. The average molecular weight is 222 g/mol. The van der Waals surface area contributed by atoms with Gasteiger partial charge in [0.25, 0.3) is 5.91 Å². The second-order valence-corrected chi connectivity index (χ2v) is 4.08. The smallest absolute Gasteiger partial charge is 0.252 e. The molecular weight excluding hydrogens is 212 g/mol. The summed E-state index contributed by atoms with van der Waals surface area (Å²) in [5.74, 6) is -0.405. The summed E-state index contributed by atoms with van der Waals surface area (Å²) < 4.78 is 5.11. The highest BCUT2D eigenvalue weighted by Gasteiger charge is 2.08. The molecule has 1 amide bonds. The number of aromatic nitrogens is 1. The van der Waals surface area contributed by atoms with Crippen LogP contribution >= 0.6 is 11.5 Å². The summed E-state index contributed by atoms with van der Waals surface area (Å²) in [4.78, 5) is 11.2. The number of nitrogens with one attached hydrogen (secondary N) is 1. The van der Waals surface area contributed by atoms with E-state index in [2.05, 4.69) is 9.69 Å². The Morgan fingerprint density at radius 2 is 2.40 bits per heavy atom. The summed E-state index contributed by atoms with van der Waals surface area (Å²) in [7, 11) is 0. The third-order valence-electron chi connectivity index (χ3n) is 2.00. The van der Waals surface area contributed by atoms with E-state index in [1.165, 1.54) is 18.5 Å². The number of aliphatic hydroxyl groups is 1. The number of nitrogens with zero attached hydrogens (tertiary/aromatic N) is 1. The molecule has 2 aromatic rings. The van der Waals surface area contributed by atoms with E-state index in [9.17, 15) is 4.79 Å². The third kappa shape index (κ3) is 2.14. The lowest BCUT2D eigenvalue weighted by Crippen LogP contribution is -2.24. The summed E-state index contributed by atoms with van der Waals surface area (Å²) in [6.45, 7) is 1.43. The number of carbonyl (C=O) groups excluding carboxylic acids is 1. The summed E-state index contributed by atoms with van der Waals surface area (Å²) in [5.41, 5.74) is 0.675. The molecule has 0 radical (unpaired) electrons. The SMILES string of the molecule is C[C@@H](O)C(=O)Nc1ccc2sncc2c1. The van der Waals surface area contributed by atoms with E-state index in [4.69, 9.17) is 5.11 Å². The first kappa shape index (κ1) is 10.1. The van der Waals surface area contributed by atoms with E-state index in [-0.39, 0.29) is 0 Å². The molecule has 0 fully saturated rings. The van der Waals surface area contributed by atoms with Crippen LogP contribution in [0.15, 0.2) is 24.4 Å². The average Bonchev–Trinajstić information content (AvgIpc) is 2.64. The number of benzene rings is 1. The van der Waals surface area contributed by atoms with E-state index in [0.29, 0.717) is 5.69 Å². The maximum absolute atomic E-state index is 11.2. The second kappa shape index (κ2) is 3.96. The molecule has 0 saturated carbocycles. The fraction of sp³-hybridized carbons (Fsp3) is 0.200. The normalized spacial score (nSPS) is 12.7. The second-order valence-electron chi connectivity index (χ2n) is 3.24. The van der Waals surface area contributed by atoms with Gasteiger partial charge in [-0.25, -0.2) is 0 Å². The molecule has 0 aliphatic carbocycles. The first-order chi connectivity index (χ1) is 7.16. The van der Waals surface area contributed by atoms with Crippen molar-refractivity contribution in [1.29, 1.82) is 0 Å². The van der Waals surface area contributed by atoms with Crippen LogP contribution in [0.1, 0.15) is 6.92 Å². The molecule has 1 heterocycles. The maximum atomic E-state index is 11.2. The molecule has 15 heavy (non-hydrogen) atoms. The molecule has 0 unspecified atom stereocenters. The summed E-state index contributed by atoms with van der Waals surface area (Å²) in [6.07, 6.45) is 0.749. The standard InChI is InChI=1S/C10H10N2O2S/c1-6(13)10(14)12-8-2-3-9-7(4-8)5-11-15-9/h2-6,13H,1H3,(H,12,14)/t6-/m1/s1. The minimum Gasteiger partial charge on any atom is -0.384 e. The van der Waals surface area contributed by atoms with E-state index in [0.717, 1.165) is 10.1 Å². The first-order valence-corrected chi connectivity index (χ1v) is 5.27. The number of aliphatic hydroxyl groups excluding tert-OH is 1. The van der Waals surface area contributed by atoms with Crippen LogP contribution < -0.4 is 5.32 Å². The Bertz CT molecular complexity index is 493. The van der Waals surface area contributed by atoms with Crippen molar-refractivity contribution >= 4 is 33.2 Å². The Morgan fingerprint density at radius 3 is 3.13 bits per heavy atom. The predicted molar refractivity (Wildman–Crippen MR) is 59.9 cm³/mol. The number of carbonyl (C=O) groups is 1. The number of rotatable bonds is 2. The van der Waals surface area contributed by atoms with E-state index in [1.54, 1.807) is 12.3 Å². The summed E-state index contributed by atoms with van der Waals surface area (Å²) in [5, 5.41) is 12.6. The van der Waals surface area contributed by atoms with Gasteiger partial charge in [0.1, 0.15) is 6.10 Å². The van der Waals surface area contributed by atoms with E-state index >= 15 is 0 Å².